The van der Waals surface area contributed by atoms with Gasteiger partial charge in [-0.05, 0) is 38.1 Å². The largest absolute Gasteiger partial charge is 0.494 e. The Bertz CT molecular complexity index is 566. The molecule has 0 atom stereocenters. The number of ether oxygens (including phenoxy) is 2. The first-order valence-electron chi connectivity index (χ1n) is 6.35. The first-order valence-corrected chi connectivity index (χ1v) is 7.23. The quantitative estimate of drug-likeness (QED) is 0.826. The van der Waals surface area contributed by atoms with E-state index in [0.29, 0.717) is 23.9 Å². The highest BCUT2D eigenvalue weighted by Gasteiger charge is 2.16. The zero-order valence-corrected chi connectivity index (χ0v) is 12.2. The molecule has 0 saturated heterocycles. The average Bonchev–Trinajstić information content (AvgIpc) is 2.90. The molecule has 0 amide bonds. The number of anilines is 2. The van der Waals surface area contributed by atoms with E-state index in [1.54, 1.807) is 12.4 Å². The van der Waals surface area contributed by atoms with Gasteiger partial charge in [0.15, 0.2) is 5.69 Å². The minimum absolute atomic E-state index is 0.311. The van der Waals surface area contributed by atoms with Crippen molar-refractivity contribution in [2.75, 3.05) is 18.5 Å². The summed E-state index contributed by atoms with van der Waals surface area (Å²) >= 11 is 1.36. The summed E-state index contributed by atoms with van der Waals surface area (Å²) in [6.07, 6.45) is 0. The molecular formula is C14H16N2O3S. The highest BCUT2D eigenvalue weighted by atomic mass is 32.1. The summed E-state index contributed by atoms with van der Waals surface area (Å²) in [6.45, 7) is 4.67. The van der Waals surface area contributed by atoms with Gasteiger partial charge >= 0.3 is 5.97 Å². The molecular weight excluding hydrogens is 276 g/mol. The molecule has 1 N–H and O–H groups in total. The van der Waals surface area contributed by atoms with Crippen molar-refractivity contribution < 1.29 is 14.3 Å². The fourth-order valence-corrected chi connectivity index (χ4v) is 2.30. The molecule has 1 aromatic carbocycles. The van der Waals surface area contributed by atoms with E-state index in [-0.39, 0.29) is 0 Å². The van der Waals surface area contributed by atoms with Gasteiger partial charge in [-0.3, -0.25) is 0 Å². The molecule has 0 fully saturated rings. The second kappa shape index (κ2) is 6.91. The number of rotatable bonds is 6. The van der Waals surface area contributed by atoms with E-state index < -0.39 is 5.97 Å². The molecule has 0 aliphatic heterocycles. The minimum atomic E-state index is -0.415. The number of esters is 1. The van der Waals surface area contributed by atoms with Crippen LogP contribution in [0.1, 0.15) is 24.3 Å². The third-order valence-corrected chi connectivity index (χ3v) is 3.20. The van der Waals surface area contributed by atoms with E-state index in [2.05, 4.69) is 10.3 Å². The minimum Gasteiger partial charge on any atom is -0.494 e. The van der Waals surface area contributed by atoms with Crippen molar-refractivity contribution in [3.05, 3.63) is 35.5 Å². The van der Waals surface area contributed by atoms with Crippen LogP contribution in [0.3, 0.4) is 0 Å². The Morgan fingerprint density at radius 1 is 1.25 bits per heavy atom. The summed E-state index contributed by atoms with van der Waals surface area (Å²) in [5.41, 5.74) is 2.79. The van der Waals surface area contributed by atoms with Gasteiger partial charge in [-0.1, -0.05) is 0 Å². The van der Waals surface area contributed by atoms with Crippen molar-refractivity contribution in [2.24, 2.45) is 0 Å². The van der Waals surface area contributed by atoms with Gasteiger partial charge in [-0.2, -0.15) is 0 Å². The van der Waals surface area contributed by atoms with Crippen molar-refractivity contribution in [1.82, 2.24) is 4.98 Å². The van der Waals surface area contributed by atoms with E-state index in [1.807, 2.05) is 31.2 Å². The van der Waals surface area contributed by atoms with Crippen LogP contribution in [0.25, 0.3) is 0 Å². The second-order valence-electron chi connectivity index (χ2n) is 3.83. The van der Waals surface area contributed by atoms with Crippen molar-refractivity contribution in [3.63, 3.8) is 0 Å². The summed E-state index contributed by atoms with van der Waals surface area (Å²) in [4.78, 5) is 15.8. The topological polar surface area (TPSA) is 60.5 Å². The Balaban J connectivity index is 2.10. The van der Waals surface area contributed by atoms with Crippen LogP contribution in [0.4, 0.5) is 10.7 Å². The molecule has 1 heterocycles. The fourth-order valence-electron chi connectivity index (χ4n) is 1.61. The first-order chi connectivity index (χ1) is 9.74. The standard InChI is InChI=1S/C14H16N2O3S/c1-3-18-11-7-5-10(6-8-11)16-13-12(15-9-20-13)14(17)19-4-2/h5-9,16H,3-4H2,1-2H3. The highest BCUT2D eigenvalue weighted by Crippen LogP contribution is 2.26. The monoisotopic (exact) mass is 292 g/mol. The zero-order valence-electron chi connectivity index (χ0n) is 11.4. The Hall–Kier alpha value is -2.08. The van der Waals surface area contributed by atoms with Gasteiger partial charge in [0.1, 0.15) is 10.8 Å². The number of carbonyl (C=O) groups is 1. The van der Waals surface area contributed by atoms with Crippen molar-refractivity contribution in [1.29, 1.82) is 0 Å². The van der Waals surface area contributed by atoms with Crippen LogP contribution in [0.2, 0.25) is 0 Å². The van der Waals surface area contributed by atoms with Crippen LogP contribution in [0.5, 0.6) is 5.75 Å². The average molecular weight is 292 g/mol. The molecule has 0 unspecified atom stereocenters. The Morgan fingerprint density at radius 2 is 2.00 bits per heavy atom. The number of benzene rings is 1. The maximum atomic E-state index is 11.7. The van der Waals surface area contributed by atoms with Gasteiger partial charge < -0.3 is 14.8 Å². The van der Waals surface area contributed by atoms with Crippen LogP contribution in [-0.2, 0) is 4.74 Å². The molecule has 0 aliphatic carbocycles. The van der Waals surface area contributed by atoms with Crippen LogP contribution < -0.4 is 10.1 Å². The number of aromatic nitrogens is 1. The van der Waals surface area contributed by atoms with Crippen LogP contribution in [-0.4, -0.2) is 24.2 Å². The zero-order chi connectivity index (χ0) is 14.4. The van der Waals surface area contributed by atoms with Gasteiger partial charge in [-0.15, -0.1) is 11.3 Å². The van der Waals surface area contributed by atoms with Crippen molar-refractivity contribution >= 4 is 28.0 Å². The first kappa shape index (κ1) is 14.3. The van der Waals surface area contributed by atoms with E-state index in [9.17, 15) is 4.79 Å². The summed E-state index contributed by atoms with van der Waals surface area (Å²) in [5, 5.41) is 3.83. The van der Waals surface area contributed by atoms with E-state index in [1.165, 1.54) is 11.3 Å². The molecule has 0 spiro atoms. The number of thiazole rings is 1. The van der Waals surface area contributed by atoms with E-state index in [0.717, 1.165) is 11.4 Å². The lowest BCUT2D eigenvalue weighted by Gasteiger charge is -2.07. The smallest absolute Gasteiger partial charge is 0.360 e. The summed E-state index contributed by atoms with van der Waals surface area (Å²) in [5.74, 6) is 0.398. The third-order valence-electron chi connectivity index (χ3n) is 2.46. The van der Waals surface area contributed by atoms with Crippen LogP contribution in [0.15, 0.2) is 29.8 Å². The van der Waals surface area contributed by atoms with Gasteiger partial charge in [-0.25, -0.2) is 9.78 Å². The predicted molar refractivity (Wildman–Crippen MR) is 79.0 cm³/mol. The molecule has 2 rings (SSSR count). The molecule has 6 heteroatoms. The molecule has 0 radical (unpaired) electrons. The van der Waals surface area contributed by atoms with Gasteiger partial charge in [0, 0.05) is 5.69 Å². The highest BCUT2D eigenvalue weighted by molar-refractivity contribution is 7.14. The predicted octanol–water partition coefficient (Wildman–Crippen LogP) is 3.46. The molecule has 106 valence electrons. The lowest BCUT2D eigenvalue weighted by molar-refractivity contribution is 0.0521. The molecule has 5 nitrogen and oxygen atoms in total. The number of hydrogen-bond acceptors (Lipinski definition) is 6. The molecule has 20 heavy (non-hydrogen) atoms. The van der Waals surface area contributed by atoms with Crippen molar-refractivity contribution in [2.45, 2.75) is 13.8 Å². The van der Waals surface area contributed by atoms with Gasteiger partial charge in [0.05, 0.1) is 18.7 Å². The Kier molecular flexibility index (Phi) is 4.95. The van der Waals surface area contributed by atoms with Crippen LogP contribution >= 0.6 is 11.3 Å². The molecule has 0 aliphatic rings. The Labute approximate surface area is 121 Å². The molecule has 0 bridgehead atoms. The SMILES string of the molecule is CCOC(=O)c1ncsc1Nc1ccc(OCC)cc1. The maximum absolute atomic E-state index is 11.7. The number of hydrogen-bond donors (Lipinski definition) is 1. The summed E-state index contributed by atoms with van der Waals surface area (Å²) in [6, 6.07) is 7.52. The summed E-state index contributed by atoms with van der Waals surface area (Å²) < 4.78 is 10.3. The van der Waals surface area contributed by atoms with Gasteiger partial charge in [0.2, 0.25) is 0 Å². The number of nitrogens with one attached hydrogen (secondary N) is 1. The molecule has 0 saturated carbocycles. The van der Waals surface area contributed by atoms with E-state index in [4.69, 9.17) is 9.47 Å². The second-order valence-corrected chi connectivity index (χ2v) is 4.69. The lowest BCUT2D eigenvalue weighted by atomic mass is 10.3. The summed E-state index contributed by atoms with van der Waals surface area (Å²) in [7, 11) is 0. The molecule has 1 aromatic heterocycles. The maximum Gasteiger partial charge on any atom is 0.360 e. The molecule has 2 aromatic rings. The number of nitrogens with zero attached hydrogens (tertiary/aromatic N) is 1. The Morgan fingerprint density at radius 3 is 2.65 bits per heavy atom. The van der Waals surface area contributed by atoms with Crippen LogP contribution in [0, 0.1) is 0 Å². The van der Waals surface area contributed by atoms with Crippen molar-refractivity contribution in [3.8, 4) is 5.75 Å². The normalized spacial score (nSPS) is 10.1. The fraction of sp³-hybridized carbons (Fsp3) is 0.286. The number of carbonyl (C=O) groups excluding carboxylic acids is 1. The van der Waals surface area contributed by atoms with E-state index >= 15 is 0 Å². The van der Waals surface area contributed by atoms with Gasteiger partial charge in [0.25, 0.3) is 0 Å². The lowest BCUT2D eigenvalue weighted by Crippen LogP contribution is -2.07. The third kappa shape index (κ3) is 3.48.